The minimum Gasteiger partial charge on any atom is -0.348 e. The summed E-state index contributed by atoms with van der Waals surface area (Å²) in [6.45, 7) is 5.32. The van der Waals surface area contributed by atoms with Crippen LogP contribution in [-0.4, -0.2) is 24.4 Å². The van der Waals surface area contributed by atoms with E-state index in [1.807, 2.05) is 0 Å². The maximum atomic E-state index is 6.85. The Balaban J connectivity index is 1.63. The molecule has 180 valence electrons. The predicted molar refractivity (Wildman–Crippen MR) is 155 cm³/mol. The van der Waals surface area contributed by atoms with E-state index in [0.717, 1.165) is 6.42 Å². The van der Waals surface area contributed by atoms with Crippen molar-refractivity contribution in [1.29, 1.82) is 0 Å². The monoisotopic (exact) mass is 499 g/mol. The summed E-state index contributed by atoms with van der Waals surface area (Å²) in [6, 6.07) is 43.6. The molecule has 4 rings (SSSR count). The summed E-state index contributed by atoms with van der Waals surface area (Å²) in [7, 11) is 0.746. The fourth-order valence-corrected chi connectivity index (χ4v) is 8.50. The van der Waals surface area contributed by atoms with Crippen LogP contribution >= 0.6 is 16.2 Å². The zero-order valence-corrected chi connectivity index (χ0v) is 22.7. The molecule has 0 N–H and O–H groups in total. The number of hydrogen-bond donors (Lipinski definition) is 0. The van der Waals surface area contributed by atoms with Gasteiger partial charge in [0.25, 0.3) is 0 Å². The molecule has 0 amide bonds. The molecule has 0 heterocycles. The van der Waals surface area contributed by atoms with Gasteiger partial charge in [-0.05, 0) is 30.0 Å². The fraction of sp³-hybridized carbons (Fsp3) is 0.226. The zero-order valence-electron chi connectivity index (χ0n) is 20.9. The second-order valence-electron chi connectivity index (χ2n) is 9.10. The van der Waals surface area contributed by atoms with E-state index in [2.05, 4.69) is 147 Å². The highest BCUT2D eigenvalue weighted by molar-refractivity contribution is 7.70. The van der Waals surface area contributed by atoms with Gasteiger partial charge >= 0.3 is 0 Å². The molecular weight excluding hydrogens is 464 g/mol. The van der Waals surface area contributed by atoms with Gasteiger partial charge in [0, 0.05) is 24.7 Å². The molecule has 4 aromatic rings. The minimum absolute atomic E-state index is 0.305. The summed E-state index contributed by atoms with van der Waals surface area (Å²) in [5.74, 6) is 0.578. The van der Waals surface area contributed by atoms with Crippen LogP contribution in [0.2, 0.25) is 0 Å². The molecule has 0 unspecified atom stereocenters. The quantitative estimate of drug-likeness (QED) is 0.220. The number of rotatable bonds is 11. The zero-order chi connectivity index (χ0) is 24.5. The maximum Gasteiger partial charge on any atom is 0.0918 e. The van der Waals surface area contributed by atoms with Crippen LogP contribution in [0.3, 0.4) is 0 Å². The third-order valence-corrected chi connectivity index (χ3v) is 10.4. The van der Waals surface area contributed by atoms with E-state index in [9.17, 15) is 0 Å². The van der Waals surface area contributed by atoms with E-state index in [4.69, 9.17) is 4.52 Å². The van der Waals surface area contributed by atoms with Crippen molar-refractivity contribution in [2.45, 2.75) is 26.3 Å². The molecule has 0 fully saturated rings. The lowest BCUT2D eigenvalue weighted by molar-refractivity contribution is 0.223. The fourth-order valence-electron chi connectivity index (χ4n) is 4.27. The van der Waals surface area contributed by atoms with E-state index in [-0.39, 0.29) is 0 Å². The van der Waals surface area contributed by atoms with Crippen molar-refractivity contribution >= 4 is 37.4 Å². The van der Waals surface area contributed by atoms with Crippen LogP contribution in [-0.2, 0) is 4.52 Å². The molecule has 4 heteroatoms. The smallest absolute Gasteiger partial charge is 0.0918 e. The van der Waals surface area contributed by atoms with Gasteiger partial charge < -0.3 is 4.52 Å². The Morgan fingerprint density at radius 1 is 0.600 bits per heavy atom. The second kappa shape index (κ2) is 13.1. The summed E-state index contributed by atoms with van der Waals surface area (Å²) < 4.78 is 9.44. The van der Waals surface area contributed by atoms with Crippen LogP contribution < -0.4 is 21.2 Å². The Bertz CT molecular complexity index is 1040. The Morgan fingerprint density at radius 3 is 1.34 bits per heavy atom. The number of likely N-dealkylation sites (N-methyl/N-ethyl adjacent to an activating group) is 1. The molecule has 4 aromatic carbocycles. The van der Waals surface area contributed by atoms with Crippen molar-refractivity contribution in [2.24, 2.45) is 5.92 Å². The van der Waals surface area contributed by atoms with Crippen LogP contribution in [0.5, 0.6) is 0 Å². The highest BCUT2D eigenvalue weighted by atomic mass is 31.1. The number of nitrogens with zero attached hydrogens (tertiary/aromatic N) is 1. The van der Waals surface area contributed by atoms with Gasteiger partial charge in [0.1, 0.15) is 0 Å². The molecule has 0 aromatic heterocycles. The van der Waals surface area contributed by atoms with Crippen LogP contribution in [0.15, 0.2) is 121 Å². The molecule has 0 saturated heterocycles. The highest BCUT2D eigenvalue weighted by Crippen LogP contribution is 2.42. The molecular formula is C31H35NOP2. The van der Waals surface area contributed by atoms with Gasteiger partial charge in [-0.25, -0.2) is 0 Å². The van der Waals surface area contributed by atoms with Crippen molar-refractivity contribution in [1.82, 2.24) is 4.67 Å². The van der Waals surface area contributed by atoms with Gasteiger partial charge in [0.2, 0.25) is 0 Å². The molecule has 35 heavy (non-hydrogen) atoms. The Labute approximate surface area is 213 Å². The lowest BCUT2D eigenvalue weighted by atomic mass is 10.1. The van der Waals surface area contributed by atoms with Gasteiger partial charge in [0.15, 0.2) is 0 Å². The summed E-state index contributed by atoms with van der Waals surface area (Å²) >= 11 is 0. The maximum absolute atomic E-state index is 6.85. The van der Waals surface area contributed by atoms with Crippen molar-refractivity contribution < 1.29 is 4.52 Å². The van der Waals surface area contributed by atoms with Gasteiger partial charge in [-0.3, -0.25) is 4.67 Å². The van der Waals surface area contributed by atoms with Crippen molar-refractivity contribution in [3.8, 4) is 0 Å². The van der Waals surface area contributed by atoms with Crippen molar-refractivity contribution in [3.63, 3.8) is 0 Å². The van der Waals surface area contributed by atoms with Crippen LogP contribution in [0.4, 0.5) is 0 Å². The molecule has 0 saturated carbocycles. The minimum atomic E-state index is -0.880. The van der Waals surface area contributed by atoms with Crippen LogP contribution in [0.1, 0.15) is 20.3 Å². The van der Waals surface area contributed by atoms with Crippen LogP contribution in [0, 0.1) is 5.92 Å². The summed E-state index contributed by atoms with van der Waals surface area (Å²) in [4.78, 5) is 0. The summed E-state index contributed by atoms with van der Waals surface area (Å²) in [5.41, 5.74) is 0. The van der Waals surface area contributed by atoms with Crippen LogP contribution in [0.25, 0.3) is 0 Å². The Morgan fingerprint density at radius 2 is 0.971 bits per heavy atom. The average molecular weight is 500 g/mol. The first kappa shape index (κ1) is 25.7. The van der Waals surface area contributed by atoms with Gasteiger partial charge in [0.05, 0.1) is 14.8 Å². The first-order valence-corrected chi connectivity index (χ1v) is 14.8. The van der Waals surface area contributed by atoms with Crippen molar-refractivity contribution in [2.75, 3.05) is 13.7 Å². The molecule has 1 atom stereocenters. The van der Waals surface area contributed by atoms with E-state index in [1.165, 1.54) is 21.2 Å². The van der Waals surface area contributed by atoms with E-state index >= 15 is 0 Å². The van der Waals surface area contributed by atoms with Crippen molar-refractivity contribution in [3.05, 3.63) is 121 Å². The predicted octanol–water partition coefficient (Wildman–Crippen LogP) is 6.45. The standard InChI is InChI=1S/C31H35NOP2/c1-26(2)24-27(25-33-35(30-20-12-6-13-21-30)31-22-14-7-15-23-31)32(3)34(28-16-8-4-9-17-28)29-18-10-5-11-19-29/h4-23,26-27H,24-25H2,1-3H3/t27-/m0/s1. The third kappa shape index (κ3) is 7.09. The summed E-state index contributed by atoms with van der Waals surface area (Å²) in [5, 5.41) is 5.26. The van der Waals surface area contributed by atoms with Gasteiger partial charge in [-0.15, -0.1) is 0 Å². The molecule has 2 nitrogen and oxygen atoms in total. The number of hydrogen-bond acceptors (Lipinski definition) is 2. The average Bonchev–Trinajstić information content (AvgIpc) is 2.90. The normalized spacial score (nSPS) is 12.5. The molecule has 0 spiro atoms. The molecule has 0 bridgehead atoms. The van der Waals surface area contributed by atoms with E-state index < -0.39 is 16.2 Å². The van der Waals surface area contributed by atoms with E-state index in [1.54, 1.807) is 0 Å². The molecule has 0 aliphatic heterocycles. The first-order chi connectivity index (χ1) is 17.1. The number of benzene rings is 4. The molecule has 0 radical (unpaired) electrons. The van der Waals surface area contributed by atoms with Gasteiger partial charge in [-0.1, -0.05) is 135 Å². The molecule has 0 aliphatic carbocycles. The molecule has 0 aliphatic rings. The third-order valence-electron chi connectivity index (χ3n) is 5.97. The summed E-state index contributed by atoms with van der Waals surface area (Å²) in [6.07, 6.45) is 1.09. The first-order valence-electron chi connectivity index (χ1n) is 12.3. The van der Waals surface area contributed by atoms with Gasteiger partial charge in [-0.2, -0.15) is 0 Å². The Hall–Kier alpha value is -2.34. The second-order valence-corrected chi connectivity index (χ2v) is 13.3. The highest BCUT2D eigenvalue weighted by Gasteiger charge is 2.28. The topological polar surface area (TPSA) is 12.5 Å². The van der Waals surface area contributed by atoms with E-state index in [0.29, 0.717) is 18.6 Å². The Kier molecular flexibility index (Phi) is 9.64. The largest absolute Gasteiger partial charge is 0.348 e. The lowest BCUT2D eigenvalue weighted by Gasteiger charge is -2.37. The lowest BCUT2D eigenvalue weighted by Crippen LogP contribution is -2.38. The SMILES string of the molecule is CC(C)C[C@@H](COP(c1ccccc1)c1ccccc1)N(C)P(c1ccccc1)c1ccccc1.